The van der Waals surface area contributed by atoms with Gasteiger partial charge in [-0.3, -0.25) is 9.59 Å². The van der Waals surface area contributed by atoms with Crippen molar-refractivity contribution in [3.8, 4) is 5.75 Å². The predicted octanol–water partition coefficient (Wildman–Crippen LogP) is 1.26. The number of hydrogen-bond acceptors (Lipinski definition) is 7. The standard InChI is InChI=1S/C19H20N6O3S/c1-23-19(20-21-22-23)29-12-14-9-16(26)17(28-2)10-24(14)11-18(27)25-8-7-13-5-3-4-6-15(13)25/h3-6,9-10H,7-8,11-12H2,1-2H3. The molecule has 1 aliphatic rings. The number of aromatic nitrogens is 5. The van der Waals surface area contributed by atoms with E-state index in [1.165, 1.54) is 30.5 Å². The predicted molar refractivity (Wildman–Crippen MR) is 108 cm³/mol. The van der Waals surface area contributed by atoms with Gasteiger partial charge in [0.25, 0.3) is 0 Å². The first-order chi connectivity index (χ1) is 14.1. The monoisotopic (exact) mass is 412 g/mol. The maximum Gasteiger partial charge on any atom is 0.246 e. The first-order valence-electron chi connectivity index (χ1n) is 9.07. The van der Waals surface area contributed by atoms with Crippen LogP contribution in [-0.4, -0.2) is 44.3 Å². The maximum absolute atomic E-state index is 13.0. The van der Waals surface area contributed by atoms with Crippen LogP contribution in [0, 0.1) is 0 Å². The molecule has 1 amide bonds. The lowest BCUT2D eigenvalue weighted by molar-refractivity contribution is -0.119. The average Bonchev–Trinajstić information content (AvgIpc) is 3.33. The summed E-state index contributed by atoms with van der Waals surface area (Å²) in [7, 11) is 3.19. The Balaban J connectivity index is 1.59. The quantitative estimate of drug-likeness (QED) is 0.563. The van der Waals surface area contributed by atoms with Crippen LogP contribution >= 0.6 is 11.8 Å². The molecular weight excluding hydrogens is 392 g/mol. The SMILES string of the molecule is COc1cn(CC(=O)N2CCc3ccccc32)c(CSc2nnnn2C)cc1=O. The number of carbonyl (C=O) groups is 1. The van der Waals surface area contributed by atoms with Gasteiger partial charge in [-0.15, -0.1) is 5.10 Å². The van der Waals surface area contributed by atoms with Gasteiger partial charge in [0.1, 0.15) is 6.54 Å². The van der Waals surface area contributed by atoms with Crippen molar-refractivity contribution in [1.29, 1.82) is 0 Å². The third-order valence-electron chi connectivity index (χ3n) is 4.83. The molecular formula is C19H20N6O3S. The van der Waals surface area contributed by atoms with Gasteiger partial charge < -0.3 is 14.2 Å². The molecule has 10 heteroatoms. The molecule has 3 aromatic rings. The molecule has 0 radical (unpaired) electrons. The highest BCUT2D eigenvalue weighted by Crippen LogP contribution is 2.28. The summed E-state index contributed by atoms with van der Waals surface area (Å²) in [6.07, 6.45) is 2.43. The van der Waals surface area contributed by atoms with Crippen LogP contribution in [0.15, 0.2) is 46.5 Å². The van der Waals surface area contributed by atoms with Gasteiger partial charge in [-0.05, 0) is 28.5 Å². The molecule has 0 fully saturated rings. The summed E-state index contributed by atoms with van der Waals surface area (Å²) in [5.74, 6) is 0.609. The number of amides is 1. The first kappa shape index (κ1) is 19.2. The third kappa shape index (κ3) is 3.88. The third-order valence-corrected chi connectivity index (χ3v) is 5.87. The van der Waals surface area contributed by atoms with Crippen LogP contribution in [0.4, 0.5) is 5.69 Å². The Bertz CT molecular complexity index is 1110. The van der Waals surface area contributed by atoms with Crippen molar-refractivity contribution in [2.75, 3.05) is 18.6 Å². The first-order valence-corrected chi connectivity index (χ1v) is 10.1. The van der Waals surface area contributed by atoms with E-state index in [-0.39, 0.29) is 23.6 Å². The van der Waals surface area contributed by atoms with E-state index in [0.29, 0.717) is 23.1 Å². The van der Waals surface area contributed by atoms with Crippen molar-refractivity contribution in [3.05, 3.63) is 58.0 Å². The van der Waals surface area contributed by atoms with Crippen LogP contribution in [0.3, 0.4) is 0 Å². The molecule has 1 aromatic carbocycles. The minimum absolute atomic E-state index is 0.0350. The summed E-state index contributed by atoms with van der Waals surface area (Å²) in [6, 6.07) is 9.42. The van der Waals surface area contributed by atoms with Crippen molar-refractivity contribution in [1.82, 2.24) is 24.8 Å². The van der Waals surface area contributed by atoms with Gasteiger partial charge in [-0.1, -0.05) is 30.0 Å². The Labute approximate surface area is 171 Å². The van der Waals surface area contributed by atoms with E-state index in [4.69, 9.17) is 4.74 Å². The number of benzene rings is 1. The fourth-order valence-corrected chi connectivity index (χ4v) is 4.17. The lowest BCUT2D eigenvalue weighted by Crippen LogP contribution is -2.33. The molecule has 0 saturated carbocycles. The maximum atomic E-state index is 13.0. The molecule has 9 nitrogen and oxygen atoms in total. The zero-order valence-corrected chi connectivity index (χ0v) is 16.9. The van der Waals surface area contributed by atoms with Gasteiger partial charge in [-0.25, -0.2) is 4.68 Å². The zero-order chi connectivity index (χ0) is 20.4. The number of fused-ring (bicyclic) bond motifs is 1. The van der Waals surface area contributed by atoms with Crippen LogP contribution in [0.5, 0.6) is 5.75 Å². The number of para-hydroxylation sites is 1. The van der Waals surface area contributed by atoms with E-state index in [1.54, 1.807) is 27.4 Å². The van der Waals surface area contributed by atoms with Crippen LogP contribution in [0.25, 0.3) is 0 Å². The van der Waals surface area contributed by atoms with Crippen LogP contribution in [0.1, 0.15) is 11.3 Å². The highest BCUT2D eigenvalue weighted by atomic mass is 32.2. The summed E-state index contributed by atoms with van der Waals surface area (Å²) < 4.78 is 8.49. The number of aryl methyl sites for hydroxylation is 1. The highest BCUT2D eigenvalue weighted by molar-refractivity contribution is 7.98. The molecule has 0 unspecified atom stereocenters. The smallest absolute Gasteiger partial charge is 0.246 e. The van der Waals surface area contributed by atoms with E-state index < -0.39 is 0 Å². The molecule has 0 bridgehead atoms. The fourth-order valence-electron chi connectivity index (χ4n) is 3.33. The zero-order valence-electron chi connectivity index (χ0n) is 16.1. The molecule has 2 aromatic heterocycles. The summed E-state index contributed by atoms with van der Waals surface area (Å²) in [5, 5.41) is 12.0. The number of tetrazole rings is 1. The van der Waals surface area contributed by atoms with Crippen LogP contribution in [0.2, 0.25) is 0 Å². The normalized spacial score (nSPS) is 12.8. The number of ether oxygens (including phenoxy) is 1. The van der Waals surface area contributed by atoms with Crippen molar-refractivity contribution >= 4 is 23.4 Å². The second-order valence-electron chi connectivity index (χ2n) is 6.62. The molecule has 150 valence electrons. The van der Waals surface area contributed by atoms with Gasteiger partial charge >= 0.3 is 0 Å². The van der Waals surface area contributed by atoms with E-state index in [9.17, 15) is 9.59 Å². The molecule has 0 spiro atoms. The van der Waals surface area contributed by atoms with Crippen molar-refractivity contribution in [2.45, 2.75) is 23.9 Å². The molecule has 4 rings (SSSR count). The summed E-state index contributed by atoms with van der Waals surface area (Å²) in [4.78, 5) is 27.1. The lowest BCUT2D eigenvalue weighted by Gasteiger charge is -2.20. The second kappa shape index (κ2) is 8.08. The van der Waals surface area contributed by atoms with Crippen LogP contribution < -0.4 is 15.1 Å². The Morgan fingerprint density at radius 3 is 2.90 bits per heavy atom. The largest absolute Gasteiger partial charge is 0.491 e. The van der Waals surface area contributed by atoms with Crippen molar-refractivity contribution in [3.63, 3.8) is 0 Å². The van der Waals surface area contributed by atoms with Gasteiger partial charge in [-0.2, -0.15) is 0 Å². The summed E-state index contributed by atoms with van der Waals surface area (Å²) >= 11 is 1.39. The van der Waals surface area contributed by atoms with Gasteiger partial charge in [0, 0.05) is 36.8 Å². The van der Waals surface area contributed by atoms with Gasteiger partial charge in [0.05, 0.1) is 13.3 Å². The number of thioether (sulfide) groups is 1. The lowest BCUT2D eigenvalue weighted by atomic mass is 10.2. The van der Waals surface area contributed by atoms with Crippen LogP contribution in [-0.2, 0) is 30.6 Å². The highest BCUT2D eigenvalue weighted by Gasteiger charge is 2.24. The number of nitrogens with zero attached hydrogens (tertiary/aromatic N) is 6. The van der Waals surface area contributed by atoms with E-state index in [0.717, 1.165) is 12.1 Å². The number of rotatable bonds is 6. The van der Waals surface area contributed by atoms with E-state index >= 15 is 0 Å². The molecule has 0 aliphatic carbocycles. The fraction of sp³-hybridized carbons (Fsp3) is 0.316. The second-order valence-corrected chi connectivity index (χ2v) is 7.57. The minimum atomic E-state index is -0.227. The average molecular weight is 412 g/mol. The molecule has 0 saturated heterocycles. The Hall–Kier alpha value is -3.14. The van der Waals surface area contributed by atoms with Crippen molar-refractivity contribution < 1.29 is 9.53 Å². The topological polar surface area (TPSA) is 95.1 Å². The van der Waals surface area contributed by atoms with Gasteiger partial charge in [0.2, 0.25) is 16.5 Å². The van der Waals surface area contributed by atoms with Gasteiger partial charge in [0.15, 0.2) is 5.75 Å². The van der Waals surface area contributed by atoms with E-state index in [2.05, 4.69) is 15.5 Å². The summed E-state index contributed by atoms with van der Waals surface area (Å²) in [5.41, 5.74) is 2.59. The number of carbonyl (C=O) groups excluding carboxylic acids is 1. The summed E-state index contributed by atoms with van der Waals surface area (Å²) in [6.45, 7) is 0.766. The Morgan fingerprint density at radius 1 is 1.31 bits per heavy atom. The number of anilines is 1. The molecule has 0 N–H and O–H groups in total. The number of pyridine rings is 1. The molecule has 0 atom stereocenters. The number of hydrogen-bond donors (Lipinski definition) is 0. The number of methoxy groups -OCH3 is 1. The minimum Gasteiger partial charge on any atom is -0.491 e. The molecule has 1 aliphatic heterocycles. The van der Waals surface area contributed by atoms with Crippen molar-refractivity contribution in [2.24, 2.45) is 7.05 Å². The molecule has 29 heavy (non-hydrogen) atoms. The van der Waals surface area contributed by atoms with E-state index in [1.807, 2.05) is 24.3 Å². The molecule has 3 heterocycles. The Kier molecular flexibility index (Phi) is 5.34. The Morgan fingerprint density at radius 2 is 2.14 bits per heavy atom.